The minimum absolute atomic E-state index is 0. The maximum Gasteiger partial charge on any atom is 0.354 e. The van der Waals surface area contributed by atoms with Gasteiger partial charge in [-0.05, 0) is 60.2 Å². The number of oxazole rings is 1. The normalized spacial score (nSPS) is 13.4. The highest BCUT2D eigenvalue weighted by atomic mass is 35.5. The fourth-order valence-corrected chi connectivity index (χ4v) is 4.99. The number of hydrogen-bond donors (Lipinski definition) is 3. The zero-order chi connectivity index (χ0) is 30.7. The van der Waals surface area contributed by atoms with Crippen molar-refractivity contribution in [2.75, 3.05) is 6.61 Å². The average Bonchev–Trinajstić information content (AvgIpc) is 3.73. The molecule has 0 unspecified atom stereocenters. The number of carboxylic acids is 1. The Labute approximate surface area is 257 Å². The second-order valence-corrected chi connectivity index (χ2v) is 9.80. The van der Waals surface area contributed by atoms with Crippen molar-refractivity contribution < 1.29 is 28.6 Å². The number of amides is 1. The molecule has 1 amide bonds. The number of rotatable bonds is 7. The fourth-order valence-electron chi connectivity index (χ4n) is 4.99. The Morgan fingerprint density at radius 3 is 2.73 bits per heavy atom. The number of nitrogens with one attached hydrogen (secondary N) is 1. The van der Waals surface area contributed by atoms with E-state index < -0.39 is 17.8 Å². The molecule has 0 saturated carbocycles. The van der Waals surface area contributed by atoms with Gasteiger partial charge in [0.05, 0.1) is 11.6 Å². The van der Waals surface area contributed by atoms with Crippen LogP contribution in [0.25, 0.3) is 16.9 Å². The van der Waals surface area contributed by atoms with Gasteiger partial charge in [0.15, 0.2) is 17.2 Å². The first-order chi connectivity index (χ1) is 20.7. The molecule has 2 aromatic carbocycles. The summed E-state index contributed by atoms with van der Waals surface area (Å²) in [6.07, 6.45) is 4.04. The monoisotopic (exact) mass is 619 g/mol. The summed E-state index contributed by atoms with van der Waals surface area (Å²) in [7, 11) is 0. The number of nitrogens with zero attached hydrogens (tertiary/aromatic N) is 5. The lowest BCUT2D eigenvalue weighted by Crippen LogP contribution is -2.29. The molecule has 44 heavy (non-hydrogen) atoms. The summed E-state index contributed by atoms with van der Waals surface area (Å²) in [6.45, 7) is 7.90. The molecule has 14 heteroatoms. The molecule has 0 fully saturated rings. The number of benzene rings is 2. The van der Waals surface area contributed by atoms with Crippen molar-refractivity contribution in [2.45, 2.75) is 39.3 Å². The highest BCUT2D eigenvalue weighted by Crippen LogP contribution is 2.35. The summed E-state index contributed by atoms with van der Waals surface area (Å²) >= 11 is 0. The molecule has 0 radical (unpaired) electrons. The molecule has 3 heterocycles. The van der Waals surface area contributed by atoms with Crippen LogP contribution >= 0.6 is 12.4 Å². The molecule has 0 saturated heterocycles. The lowest BCUT2D eigenvalue weighted by Gasteiger charge is -2.16. The minimum Gasteiger partial charge on any atom is -0.477 e. The molecule has 1 atom stereocenters. The van der Waals surface area contributed by atoms with E-state index in [2.05, 4.69) is 31.9 Å². The van der Waals surface area contributed by atoms with Gasteiger partial charge in [-0.15, -0.1) is 12.4 Å². The van der Waals surface area contributed by atoms with Crippen molar-refractivity contribution in [3.8, 4) is 0 Å². The topological polar surface area (TPSA) is 188 Å². The summed E-state index contributed by atoms with van der Waals surface area (Å²) in [5.74, 6) is -1.46. The summed E-state index contributed by atoms with van der Waals surface area (Å²) in [5, 5.41) is 16.2. The fraction of sp³-hybridized carbons (Fsp3) is 0.233. The summed E-state index contributed by atoms with van der Waals surface area (Å²) in [6, 6.07) is 10.2. The molecule has 4 N–H and O–H groups in total. The van der Waals surface area contributed by atoms with Gasteiger partial charge >= 0.3 is 11.9 Å². The van der Waals surface area contributed by atoms with Crippen LogP contribution in [-0.2, 0) is 17.7 Å². The van der Waals surface area contributed by atoms with E-state index in [4.69, 9.17) is 14.9 Å². The van der Waals surface area contributed by atoms with Crippen molar-refractivity contribution in [3.05, 3.63) is 100 Å². The van der Waals surface area contributed by atoms with Gasteiger partial charge in [0.25, 0.3) is 11.7 Å². The largest absolute Gasteiger partial charge is 0.477 e. The van der Waals surface area contributed by atoms with Crippen LogP contribution in [0, 0.1) is 13.8 Å². The maximum atomic E-state index is 13.0. The van der Waals surface area contributed by atoms with E-state index in [-0.39, 0.29) is 42.2 Å². The highest BCUT2D eigenvalue weighted by Gasteiger charge is 2.29. The molecule has 0 spiro atoms. The lowest BCUT2D eigenvalue weighted by atomic mass is 9.98. The molecule has 13 nitrogen and oxygen atoms in total. The summed E-state index contributed by atoms with van der Waals surface area (Å²) in [4.78, 5) is 48.5. The molecule has 6 rings (SSSR count). The Morgan fingerprint density at radius 2 is 2.00 bits per heavy atom. The van der Waals surface area contributed by atoms with E-state index >= 15 is 0 Å². The van der Waals surface area contributed by atoms with E-state index in [1.54, 1.807) is 6.07 Å². The minimum atomic E-state index is -1.27. The van der Waals surface area contributed by atoms with E-state index in [9.17, 15) is 19.5 Å². The Morgan fingerprint density at radius 1 is 1.20 bits per heavy atom. The number of aryl methyl sites for hydroxylation is 1. The second kappa shape index (κ2) is 13.4. The number of nitrogens with two attached hydrogens (primary N) is 1. The number of esters is 1. The van der Waals surface area contributed by atoms with Crippen LogP contribution in [0.2, 0.25) is 0 Å². The van der Waals surface area contributed by atoms with Gasteiger partial charge in [0, 0.05) is 19.5 Å². The SMILES string of the molecule is C=CCOC(=O)c1ccc2c(c1C)CC[C@@H]2NC(=O)c1cc(C(=O)O)nc2ncnn12.Cc1nc2cc(CN)ccc2o1.Cl. The second-order valence-electron chi connectivity index (χ2n) is 9.80. The first-order valence-electron chi connectivity index (χ1n) is 13.4. The van der Waals surface area contributed by atoms with E-state index in [1.165, 1.54) is 23.0 Å². The number of aromatic carboxylic acids is 1. The van der Waals surface area contributed by atoms with E-state index in [0.717, 1.165) is 33.4 Å². The van der Waals surface area contributed by atoms with Gasteiger partial charge in [-0.25, -0.2) is 19.6 Å². The quantitative estimate of drug-likeness (QED) is 0.177. The number of aromatic nitrogens is 5. The molecule has 0 bridgehead atoms. The van der Waals surface area contributed by atoms with Gasteiger partial charge in [-0.1, -0.05) is 24.8 Å². The summed E-state index contributed by atoms with van der Waals surface area (Å²) in [5.41, 5.74) is 11.2. The van der Waals surface area contributed by atoms with Crippen LogP contribution in [-0.4, -0.2) is 54.1 Å². The number of hydrogen-bond acceptors (Lipinski definition) is 10. The maximum absolute atomic E-state index is 13.0. The van der Waals surface area contributed by atoms with Crippen molar-refractivity contribution in [1.82, 2.24) is 29.9 Å². The number of halogens is 1. The Hall–Kier alpha value is -5.14. The van der Waals surface area contributed by atoms with Crippen molar-refractivity contribution in [3.63, 3.8) is 0 Å². The molecular formula is C30H30ClN7O6. The molecular weight excluding hydrogens is 590 g/mol. The third kappa shape index (κ3) is 6.43. The smallest absolute Gasteiger partial charge is 0.354 e. The first kappa shape index (κ1) is 31.8. The predicted molar refractivity (Wildman–Crippen MR) is 162 cm³/mol. The highest BCUT2D eigenvalue weighted by molar-refractivity contribution is 5.96. The molecule has 3 aromatic heterocycles. The van der Waals surface area contributed by atoms with Gasteiger partial charge in [-0.2, -0.15) is 14.6 Å². The van der Waals surface area contributed by atoms with Crippen LogP contribution in [0.3, 0.4) is 0 Å². The molecule has 5 aromatic rings. The zero-order valence-electron chi connectivity index (χ0n) is 23.9. The Bertz CT molecular complexity index is 1880. The first-order valence-corrected chi connectivity index (χ1v) is 13.4. The van der Waals surface area contributed by atoms with E-state index in [1.807, 2.05) is 38.1 Å². The van der Waals surface area contributed by atoms with Crippen LogP contribution in [0.5, 0.6) is 0 Å². The van der Waals surface area contributed by atoms with Gasteiger partial charge in [0.2, 0.25) is 0 Å². The van der Waals surface area contributed by atoms with Crippen molar-refractivity contribution in [1.29, 1.82) is 0 Å². The third-order valence-electron chi connectivity index (χ3n) is 7.05. The molecule has 228 valence electrons. The average molecular weight is 620 g/mol. The van der Waals surface area contributed by atoms with Gasteiger partial charge in [-0.3, -0.25) is 4.79 Å². The molecule has 0 aliphatic heterocycles. The van der Waals surface area contributed by atoms with Crippen LogP contribution in [0.1, 0.15) is 71.9 Å². The Kier molecular flexibility index (Phi) is 9.71. The number of carbonyl (C=O) groups excluding carboxylic acids is 2. The van der Waals surface area contributed by atoms with Crippen molar-refractivity contribution in [2.24, 2.45) is 5.73 Å². The number of ether oxygens (including phenoxy) is 1. The van der Waals surface area contributed by atoms with Crippen LogP contribution in [0.4, 0.5) is 0 Å². The van der Waals surface area contributed by atoms with Crippen LogP contribution in [0.15, 0.2) is 59.8 Å². The number of fused-ring (bicyclic) bond motifs is 3. The standard InChI is InChI=1S/C21H19N5O5.C9H10N2O.ClH/c1-3-8-31-20(30)13-4-5-14-12(11(13)2)6-7-15(14)24-18(27)17-9-16(19(28)29)25-21-22-10-23-26(17)21;1-6-11-8-4-7(5-10)2-3-9(8)12-6;/h3-5,9-10,15H,1,6-8H2,2H3,(H,24,27)(H,28,29);2-4H,5,10H2,1H3;1H/t15-;;/m0../s1. The van der Waals surface area contributed by atoms with Gasteiger partial charge in [0.1, 0.15) is 24.1 Å². The predicted octanol–water partition coefficient (Wildman–Crippen LogP) is 3.91. The van der Waals surface area contributed by atoms with E-state index in [0.29, 0.717) is 30.8 Å². The molecule has 1 aliphatic carbocycles. The lowest BCUT2D eigenvalue weighted by molar-refractivity contribution is 0.0548. The van der Waals surface area contributed by atoms with Crippen LogP contribution < -0.4 is 11.1 Å². The van der Waals surface area contributed by atoms with Crippen molar-refractivity contribution >= 4 is 47.1 Å². The summed E-state index contributed by atoms with van der Waals surface area (Å²) < 4.78 is 11.6. The zero-order valence-corrected chi connectivity index (χ0v) is 24.8. The molecule has 1 aliphatic rings. The Balaban J connectivity index is 0.000000284. The number of carbonyl (C=O) groups is 3. The number of carboxylic acid groups (broad SMARTS) is 1. The van der Waals surface area contributed by atoms with Gasteiger partial charge < -0.3 is 25.3 Å². The third-order valence-corrected chi connectivity index (χ3v) is 7.05.